The van der Waals surface area contributed by atoms with Crippen molar-refractivity contribution < 1.29 is 52.7 Å². The lowest BCUT2D eigenvalue weighted by Gasteiger charge is -2.21. The van der Waals surface area contributed by atoms with Crippen LogP contribution in [-0.4, -0.2) is 9.13 Å². The summed E-state index contributed by atoms with van der Waals surface area (Å²) >= 11 is 0. The van der Waals surface area contributed by atoms with Crippen LogP contribution in [-0.2, 0) is 24.7 Å². The van der Waals surface area contributed by atoms with Crippen molar-refractivity contribution in [2.45, 2.75) is 24.7 Å². The van der Waals surface area contributed by atoms with Crippen LogP contribution in [0.1, 0.15) is 22.3 Å². The predicted octanol–water partition coefficient (Wildman–Crippen LogP) is 19.3. The van der Waals surface area contributed by atoms with Crippen LogP contribution in [0.4, 0.5) is 52.7 Å². The third kappa shape index (κ3) is 7.36. The minimum absolute atomic E-state index is 0.106. The van der Waals surface area contributed by atoms with Gasteiger partial charge in [0.15, 0.2) is 0 Å². The maximum Gasteiger partial charge on any atom is 0.417 e. The summed E-state index contributed by atoms with van der Waals surface area (Å²) in [4.78, 5) is 0. The van der Waals surface area contributed by atoms with Crippen LogP contribution in [0, 0.1) is 0 Å². The van der Waals surface area contributed by atoms with Crippen molar-refractivity contribution in [2.24, 2.45) is 0 Å². The molecule has 0 aliphatic heterocycles. The van der Waals surface area contributed by atoms with Crippen molar-refractivity contribution in [3.05, 3.63) is 216 Å². The molecule has 74 heavy (non-hydrogen) atoms. The Balaban J connectivity index is 1.19. The Kier molecular flexibility index (Phi) is 10.4. The number of alkyl halides is 12. The van der Waals surface area contributed by atoms with Crippen molar-refractivity contribution in [2.75, 3.05) is 0 Å². The largest absolute Gasteiger partial charge is 0.417 e. The summed E-state index contributed by atoms with van der Waals surface area (Å²) in [6.07, 6.45) is -20.1. The second-order valence-electron chi connectivity index (χ2n) is 18.0. The number of halogens is 12. The first kappa shape index (κ1) is 46.5. The van der Waals surface area contributed by atoms with E-state index in [-0.39, 0.29) is 21.9 Å². The first-order chi connectivity index (χ1) is 35.3. The number of hydrogen-bond donors (Lipinski definition) is 0. The van der Waals surface area contributed by atoms with E-state index in [1.54, 1.807) is 84.9 Å². The van der Waals surface area contributed by atoms with Crippen LogP contribution in [0.3, 0.4) is 0 Å². The fourth-order valence-electron chi connectivity index (χ4n) is 10.8. The monoisotopic (exact) mass is 1010 g/mol. The lowest BCUT2D eigenvalue weighted by molar-refractivity contribution is -0.141. The standard InChI is InChI=1S/C60H32F12N2/c61-57(62,63)34-25-29-46(59(67,68)69)44(31-34)41-16-7-11-33-12-8-22-51(54(33)41)74-50-21-6-3-15-43(50)56-40(18-10-24-53(56)74)36-27-28-42(45-32-35(58(64,65)66)26-30-47(45)60(70,71)72)55-39(36)17-9-23-52(55)73-48-19-4-1-13-37(48)38-14-2-5-20-49(38)73/h1-32H. The van der Waals surface area contributed by atoms with Crippen molar-refractivity contribution in [3.8, 4) is 44.8 Å². The molecule has 2 aromatic heterocycles. The summed E-state index contributed by atoms with van der Waals surface area (Å²) in [6.45, 7) is 0. The van der Waals surface area contributed by atoms with Gasteiger partial charge in [0, 0.05) is 32.3 Å². The fourth-order valence-corrected chi connectivity index (χ4v) is 10.8. The summed E-state index contributed by atoms with van der Waals surface area (Å²) in [5, 5.41) is 4.12. The van der Waals surface area contributed by atoms with E-state index < -0.39 is 58.1 Å². The lowest BCUT2D eigenvalue weighted by Crippen LogP contribution is -2.11. The molecule has 14 heteroatoms. The molecule has 0 radical (unpaired) electrons. The second-order valence-corrected chi connectivity index (χ2v) is 18.0. The molecule has 0 aliphatic carbocycles. The van der Waals surface area contributed by atoms with Crippen molar-refractivity contribution in [3.63, 3.8) is 0 Å². The van der Waals surface area contributed by atoms with E-state index in [9.17, 15) is 39.5 Å². The van der Waals surface area contributed by atoms with Gasteiger partial charge in [-0.3, -0.25) is 0 Å². The topological polar surface area (TPSA) is 9.86 Å². The first-order valence-electron chi connectivity index (χ1n) is 23.0. The van der Waals surface area contributed by atoms with Gasteiger partial charge in [-0.1, -0.05) is 121 Å². The van der Waals surface area contributed by atoms with Gasteiger partial charge in [0.25, 0.3) is 0 Å². The van der Waals surface area contributed by atoms with Crippen LogP contribution in [0.5, 0.6) is 0 Å². The Morgan fingerprint density at radius 3 is 1.19 bits per heavy atom. The number of aromatic nitrogens is 2. The number of benzene rings is 10. The summed E-state index contributed by atoms with van der Waals surface area (Å²) < 4.78 is 180. The van der Waals surface area contributed by atoms with Gasteiger partial charge in [0.05, 0.1) is 55.7 Å². The molecule has 0 spiro atoms. The molecule has 2 heterocycles. The molecule has 10 aromatic carbocycles. The van der Waals surface area contributed by atoms with E-state index in [4.69, 9.17) is 0 Å². The zero-order valence-corrected chi connectivity index (χ0v) is 37.9. The van der Waals surface area contributed by atoms with Gasteiger partial charge >= 0.3 is 24.7 Å². The minimum atomic E-state index is -5.07. The van der Waals surface area contributed by atoms with Gasteiger partial charge in [-0.2, -0.15) is 52.7 Å². The molecule has 0 N–H and O–H groups in total. The Morgan fingerprint density at radius 1 is 0.257 bits per heavy atom. The van der Waals surface area contributed by atoms with Gasteiger partial charge < -0.3 is 9.13 Å². The zero-order chi connectivity index (χ0) is 51.6. The summed E-state index contributed by atoms with van der Waals surface area (Å²) in [6, 6.07) is 47.7. The normalized spacial score (nSPS) is 12.9. The van der Waals surface area contributed by atoms with Gasteiger partial charge in [0.2, 0.25) is 0 Å². The molecule has 366 valence electrons. The quantitative estimate of drug-likeness (QED) is 0.152. The highest BCUT2D eigenvalue weighted by Crippen LogP contribution is 2.50. The van der Waals surface area contributed by atoms with Crippen molar-refractivity contribution >= 4 is 65.2 Å². The van der Waals surface area contributed by atoms with Gasteiger partial charge in [0.1, 0.15) is 0 Å². The van der Waals surface area contributed by atoms with Crippen LogP contribution in [0.25, 0.3) is 110 Å². The first-order valence-corrected chi connectivity index (χ1v) is 23.0. The van der Waals surface area contributed by atoms with Gasteiger partial charge in [-0.05, 0) is 117 Å². The Bertz CT molecular complexity index is 4200. The Morgan fingerprint density at radius 2 is 0.649 bits per heavy atom. The maximum absolute atomic E-state index is 15.1. The fraction of sp³-hybridized carbons (Fsp3) is 0.0667. The van der Waals surface area contributed by atoms with Crippen molar-refractivity contribution in [1.82, 2.24) is 9.13 Å². The smallest absolute Gasteiger partial charge is 0.309 e. The zero-order valence-electron chi connectivity index (χ0n) is 37.9. The van der Waals surface area contributed by atoms with Crippen LogP contribution < -0.4 is 0 Å². The van der Waals surface area contributed by atoms with E-state index in [0.29, 0.717) is 103 Å². The lowest BCUT2D eigenvalue weighted by atomic mass is 9.87. The molecule has 0 aliphatic rings. The molecule has 0 unspecified atom stereocenters. The average molecular weight is 1010 g/mol. The summed E-state index contributed by atoms with van der Waals surface area (Å²) in [7, 11) is 0. The highest BCUT2D eigenvalue weighted by molar-refractivity contribution is 6.21. The summed E-state index contributed by atoms with van der Waals surface area (Å²) in [5.74, 6) is 0. The number of hydrogen-bond acceptors (Lipinski definition) is 0. The molecule has 0 saturated carbocycles. The second kappa shape index (κ2) is 16.5. The van der Waals surface area contributed by atoms with E-state index in [0.717, 1.165) is 10.8 Å². The third-order valence-electron chi connectivity index (χ3n) is 13.8. The molecular formula is C60H32F12N2. The molecule has 0 saturated heterocycles. The molecule has 0 amide bonds. The maximum atomic E-state index is 15.1. The summed E-state index contributed by atoms with van der Waals surface area (Å²) in [5.41, 5.74) is -2.47. The van der Waals surface area contributed by atoms with E-state index in [2.05, 4.69) is 0 Å². The van der Waals surface area contributed by atoms with Crippen molar-refractivity contribution in [1.29, 1.82) is 0 Å². The molecule has 0 bridgehead atoms. The average Bonchev–Trinajstić information content (AvgIpc) is 3.89. The van der Waals surface area contributed by atoms with Crippen LogP contribution in [0.2, 0.25) is 0 Å². The molecular weight excluding hydrogens is 977 g/mol. The van der Waals surface area contributed by atoms with E-state index in [1.165, 1.54) is 18.2 Å². The SMILES string of the molecule is FC(F)(F)c1ccc(C(F)(F)F)c(-c2cccc3cccc(-n4c5ccccc5c5c(-c6ccc(-c7cc(C(F)(F)F)ccc7C(F)(F)F)c7c(-n8c9ccccc9c9ccccc98)cccc67)cccc54)c23)c1. The van der Waals surface area contributed by atoms with E-state index >= 15 is 13.2 Å². The predicted molar refractivity (Wildman–Crippen MR) is 266 cm³/mol. The Hall–Kier alpha value is -8.52. The Labute approximate surface area is 411 Å². The molecule has 12 rings (SSSR count). The van der Waals surface area contributed by atoms with Crippen LogP contribution >= 0.6 is 0 Å². The molecule has 0 fully saturated rings. The van der Waals surface area contributed by atoms with E-state index in [1.807, 2.05) is 63.7 Å². The van der Waals surface area contributed by atoms with Gasteiger partial charge in [-0.15, -0.1) is 0 Å². The van der Waals surface area contributed by atoms with Gasteiger partial charge in [-0.25, -0.2) is 0 Å². The van der Waals surface area contributed by atoms with Crippen LogP contribution in [0.15, 0.2) is 194 Å². The molecule has 2 nitrogen and oxygen atoms in total. The molecule has 12 aromatic rings. The highest BCUT2D eigenvalue weighted by atomic mass is 19.4. The third-order valence-corrected chi connectivity index (χ3v) is 13.8. The minimum Gasteiger partial charge on any atom is -0.309 e. The number of nitrogens with zero attached hydrogens (tertiary/aromatic N) is 2. The number of rotatable bonds is 5. The molecule has 0 atom stereocenters. The number of para-hydroxylation sites is 3. The number of fused-ring (bicyclic) bond motifs is 8. The highest BCUT2D eigenvalue weighted by Gasteiger charge is 2.40.